The van der Waals surface area contributed by atoms with Gasteiger partial charge in [-0.1, -0.05) is 0 Å². The second kappa shape index (κ2) is 5.58. The molecule has 0 atom stereocenters. The summed E-state index contributed by atoms with van der Waals surface area (Å²) in [5.74, 6) is 1.71. The zero-order valence-corrected chi connectivity index (χ0v) is 9.98. The minimum atomic E-state index is 0.386. The van der Waals surface area contributed by atoms with Gasteiger partial charge < -0.3 is 19.4 Å². The van der Waals surface area contributed by atoms with Crippen molar-refractivity contribution in [2.75, 3.05) is 28.4 Å². The van der Waals surface area contributed by atoms with Gasteiger partial charge in [-0.3, -0.25) is 0 Å². The molecule has 0 fully saturated rings. The van der Waals surface area contributed by atoms with Crippen LogP contribution in [0.1, 0.15) is 5.56 Å². The molecule has 0 aromatic heterocycles. The average molecular weight is 227 g/mol. The molecule has 1 rings (SSSR count). The van der Waals surface area contributed by atoms with Gasteiger partial charge in [0.05, 0.1) is 21.3 Å². The third-order valence-electron chi connectivity index (χ3n) is 2.14. The smallest absolute Gasteiger partial charge is 0.203 e. The average Bonchev–Trinajstić information content (AvgIpc) is 2.26. The molecule has 5 heteroatoms. The number of nitrogens with zero attached hydrogens (tertiary/aromatic N) is 1. The number of methoxy groups -OCH3 is 3. The van der Waals surface area contributed by atoms with Gasteiger partial charge in [-0.15, -0.1) is 0 Å². The predicted molar refractivity (Wildman–Crippen MR) is 59.4 cm³/mol. The highest BCUT2D eigenvalue weighted by atomic mass is 16.5. The fourth-order valence-corrected chi connectivity index (χ4v) is 1.49. The predicted octanol–water partition coefficient (Wildman–Crippen LogP) is 1.53. The van der Waals surface area contributed by atoms with E-state index < -0.39 is 0 Å². The molecule has 90 valence electrons. The van der Waals surface area contributed by atoms with Crippen molar-refractivity contribution in [3.8, 4) is 17.2 Å². The zero-order chi connectivity index (χ0) is 12.1. The summed E-state index contributed by atoms with van der Waals surface area (Å²) in [5.41, 5.74) is 0.875. The lowest BCUT2D eigenvalue weighted by Gasteiger charge is -2.15. The Kier molecular flexibility index (Phi) is 4.39. The first-order valence-corrected chi connectivity index (χ1v) is 4.81. The fraction of sp³-hybridized carbons (Fsp3) is 0.455. The van der Waals surface area contributed by atoms with E-state index in [1.807, 2.05) is 0 Å². The van der Waals surface area contributed by atoms with Crippen LogP contribution in [-0.4, -0.2) is 38.6 Å². The standard InChI is InChI=1S/C11H17NO4/c1-12(13)7-8-5-9(14-2)11(16-4)10(6-8)15-3/h5-6,13H,7H2,1-4H3. The van der Waals surface area contributed by atoms with E-state index in [1.165, 1.54) is 0 Å². The van der Waals surface area contributed by atoms with Crippen molar-refractivity contribution >= 4 is 0 Å². The number of rotatable bonds is 5. The molecule has 16 heavy (non-hydrogen) atoms. The van der Waals surface area contributed by atoms with Gasteiger partial charge in [0.15, 0.2) is 11.5 Å². The molecule has 0 bridgehead atoms. The lowest BCUT2D eigenvalue weighted by Crippen LogP contribution is -2.12. The van der Waals surface area contributed by atoms with Crippen LogP contribution in [0, 0.1) is 0 Å². The first kappa shape index (κ1) is 12.6. The van der Waals surface area contributed by atoms with E-state index in [2.05, 4.69) is 0 Å². The largest absolute Gasteiger partial charge is 0.493 e. The topological polar surface area (TPSA) is 51.2 Å². The molecule has 0 unspecified atom stereocenters. The van der Waals surface area contributed by atoms with E-state index in [-0.39, 0.29) is 0 Å². The molecule has 1 aromatic rings. The highest BCUT2D eigenvalue weighted by Gasteiger charge is 2.13. The van der Waals surface area contributed by atoms with E-state index in [1.54, 1.807) is 40.5 Å². The normalized spacial score (nSPS) is 10.4. The van der Waals surface area contributed by atoms with Crippen LogP contribution in [0.25, 0.3) is 0 Å². The number of ether oxygens (including phenoxy) is 3. The minimum Gasteiger partial charge on any atom is -0.493 e. The molecular weight excluding hydrogens is 210 g/mol. The number of benzene rings is 1. The summed E-state index contributed by atoms with van der Waals surface area (Å²) >= 11 is 0. The van der Waals surface area contributed by atoms with Gasteiger partial charge in [0.25, 0.3) is 0 Å². The first-order chi connectivity index (χ1) is 7.62. The molecule has 0 saturated carbocycles. The molecule has 0 aliphatic carbocycles. The lowest BCUT2D eigenvalue weighted by atomic mass is 10.2. The lowest BCUT2D eigenvalue weighted by molar-refractivity contribution is -0.0732. The third-order valence-corrected chi connectivity index (χ3v) is 2.14. The van der Waals surface area contributed by atoms with E-state index >= 15 is 0 Å². The third kappa shape index (κ3) is 2.77. The zero-order valence-electron chi connectivity index (χ0n) is 9.98. The summed E-state index contributed by atoms with van der Waals surface area (Å²) in [7, 11) is 6.24. The Morgan fingerprint density at radius 2 is 1.56 bits per heavy atom. The summed E-state index contributed by atoms with van der Waals surface area (Å²) in [6.45, 7) is 0.386. The Hall–Kier alpha value is -1.46. The van der Waals surface area contributed by atoms with E-state index in [0.29, 0.717) is 23.8 Å². The maximum absolute atomic E-state index is 9.18. The second-order valence-corrected chi connectivity index (χ2v) is 3.35. The van der Waals surface area contributed by atoms with Crippen LogP contribution in [0.5, 0.6) is 17.2 Å². The van der Waals surface area contributed by atoms with Crippen LogP contribution in [0.4, 0.5) is 0 Å². The van der Waals surface area contributed by atoms with Crippen molar-refractivity contribution in [2.45, 2.75) is 6.54 Å². The van der Waals surface area contributed by atoms with Crippen LogP contribution in [-0.2, 0) is 6.54 Å². The number of hydroxylamine groups is 2. The van der Waals surface area contributed by atoms with Crippen LogP contribution in [0.3, 0.4) is 0 Å². The SMILES string of the molecule is COc1cc(CN(C)O)cc(OC)c1OC. The molecule has 0 amide bonds. The van der Waals surface area contributed by atoms with Crippen molar-refractivity contribution in [3.05, 3.63) is 17.7 Å². The van der Waals surface area contributed by atoms with Gasteiger partial charge in [0.1, 0.15) is 0 Å². The van der Waals surface area contributed by atoms with Crippen molar-refractivity contribution < 1.29 is 19.4 Å². The Morgan fingerprint density at radius 1 is 1.06 bits per heavy atom. The Balaban J connectivity index is 3.15. The molecule has 5 nitrogen and oxygen atoms in total. The quantitative estimate of drug-likeness (QED) is 0.773. The summed E-state index contributed by atoms with van der Waals surface area (Å²) in [6, 6.07) is 3.60. The van der Waals surface area contributed by atoms with Gasteiger partial charge in [0.2, 0.25) is 5.75 Å². The Labute approximate surface area is 95.1 Å². The molecule has 0 aliphatic rings. The van der Waals surface area contributed by atoms with Crippen molar-refractivity contribution in [3.63, 3.8) is 0 Å². The Morgan fingerprint density at radius 3 is 1.88 bits per heavy atom. The summed E-state index contributed by atoms with van der Waals surface area (Å²) < 4.78 is 15.6. The van der Waals surface area contributed by atoms with Crippen molar-refractivity contribution in [2.24, 2.45) is 0 Å². The molecule has 0 saturated heterocycles. The highest BCUT2D eigenvalue weighted by molar-refractivity contribution is 5.53. The van der Waals surface area contributed by atoms with E-state index in [4.69, 9.17) is 14.2 Å². The number of hydrogen-bond donors (Lipinski definition) is 1. The van der Waals surface area contributed by atoms with E-state index in [0.717, 1.165) is 10.6 Å². The van der Waals surface area contributed by atoms with Crippen molar-refractivity contribution in [1.82, 2.24) is 5.06 Å². The maximum Gasteiger partial charge on any atom is 0.203 e. The van der Waals surface area contributed by atoms with Crippen LogP contribution in [0.15, 0.2) is 12.1 Å². The summed E-state index contributed by atoms with van der Waals surface area (Å²) in [4.78, 5) is 0. The summed E-state index contributed by atoms with van der Waals surface area (Å²) in [5, 5.41) is 10.3. The molecule has 0 aliphatic heterocycles. The second-order valence-electron chi connectivity index (χ2n) is 3.35. The van der Waals surface area contributed by atoms with Crippen LogP contribution < -0.4 is 14.2 Å². The van der Waals surface area contributed by atoms with Gasteiger partial charge in [-0.05, 0) is 17.7 Å². The van der Waals surface area contributed by atoms with E-state index in [9.17, 15) is 5.21 Å². The van der Waals surface area contributed by atoms with Crippen LogP contribution in [0.2, 0.25) is 0 Å². The monoisotopic (exact) mass is 227 g/mol. The molecular formula is C11H17NO4. The van der Waals surface area contributed by atoms with Gasteiger partial charge >= 0.3 is 0 Å². The minimum absolute atomic E-state index is 0.386. The Bertz CT molecular complexity index is 327. The maximum atomic E-state index is 9.18. The van der Waals surface area contributed by atoms with Gasteiger partial charge in [-0.25, -0.2) is 0 Å². The van der Waals surface area contributed by atoms with Crippen molar-refractivity contribution in [1.29, 1.82) is 0 Å². The van der Waals surface area contributed by atoms with Crippen LogP contribution >= 0.6 is 0 Å². The first-order valence-electron chi connectivity index (χ1n) is 4.81. The molecule has 0 heterocycles. The van der Waals surface area contributed by atoms with Gasteiger partial charge in [-0.2, -0.15) is 5.06 Å². The summed E-state index contributed by atoms with van der Waals surface area (Å²) in [6.07, 6.45) is 0. The highest BCUT2D eigenvalue weighted by Crippen LogP contribution is 2.38. The molecule has 0 spiro atoms. The molecule has 1 N–H and O–H groups in total. The van der Waals surface area contributed by atoms with Gasteiger partial charge in [0, 0.05) is 13.6 Å². The number of hydrogen-bond acceptors (Lipinski definition) is 5. The fourth-order valence-electron chi connectivity index (χ4n) is 1.49. The molecule has 1 aromatic carbocycles. The molecule has 0 radical (unpaired) electrons.